The predicted molar refractivity (Wildman–Crippen MR) is 75.9 cm³/mol. The molecule has 2 aromatic rings. The summed E-state index contributed by atoms with van der Waals surface area (Å²) in [6, 6.07) is 2.68. The van der Waals surface area contributed by atoms with E-state index >= 15 is 0 Å². The maximum absolute atomic E-state index is 4.50. The average molecular weight is 261 g/mol. The van der Waals surface area contributed by atoms with Gasteiger partial charge in [-0.15, -0.1) is 11.3 Å². The van der Waals surface area contributed by atoms with Crippen LogP contribution in [0.2, 0.25) is 0 Å². The first-order chi connectivity index (χ1) is 8.88. The second-order valence-corrected chi connectivity index (χ2v) is 5.97. The standard InChI is InChI=1S/C14H19N3S/c1-2-6-15-12(10-3-4-10)8-13-14-11(5-7-18-14)16-9-17-13/h5,7,9-10,12,15H,2-4,6,8H2,1H3. The highest BCUT2D eigenvalue weighted by molar-refractivity contribution is 7.17. The van der Waals surface area contributed by atoms with Gasteiger partial charge in [0.15, 0.2) is 0 Å². The van der Waals surface area contributed by atoms with Crippen molar-refractivity contribution >= 4 is 21.6 Å². The van der Waals surface area contributed by atoms with Gasteiger partial charge in [-0.25, -0.2) is 9.97 Å². The van der Waals surface area contributed by atoms with E-state index in [0.29, 0.717) is 6.04 Å². The molecule has 96 valence electrons. The average Bonchev–Trinajstić information content (AvgIpc) is 3.12. The van der Waals surface area contributed by atoms with Crippen LogP contribution in [0.25, 0.3) is 10.2 Å². The third-order valence-corrected chi connectivity index (χ3v) is 4.53. The van der Waals surface area contributed by atoms with Gasteiger partial charge < -0.3 is 5.32 Å². The summed E-state index contributed by atoms with van der Waals surface area (Å²) >= 11 is 1.76. The molecular formula is C14H19N3S. The molecule has 0 bridgehead atoms. The summed E-state index contributed by atoms with van der Waals surface area (Å²) in [5.74, 6) is 0.863. The third kappa shape index (κ3) is 2.54. The van der Waals surface area contributed by atoms with E-state index in [1.54, 1.807) is 17.7 Å². The Bertz CT molecular complexity index is 518. The molecule has 1 unspecified atom stereocenters. The number of aromatic nitrogens is 2. The molecule has 4 heteroatoms. The van der Waals surface area contributed by atoms with Crippen molar-refractivity contribution in [3.63, 3.8) is 0 Å². The lowest BCUT2D eigenvalue weighted by Crippen LogP contribution is -2.34. The lowest BCUT2D eigenvalue weighted by molar-refractivity contribution is 0.457. The zero-order chi connectivity index (χ0) is 12.4. The molecule has 1 atom stereocenters. The van der Waals surface area contributed by atoms with Gasteiger partial charge >= 0.3 is 0 Å². The van der Waals surface area contributed by atoms with E-state index in [-0.39, 0.29) is 0 Å². The van der Waals surface area contributed by atoms with Gasteiger partial charge in [-0.2, -0.15) is 0 Å². The van der Waals surface area contributed by atoms with Gasteiger partial charge in [0.25, 0.3) is 0 Å². The molecule has 1 fully saturated rings. The summed E-state index contributed by atoms with van der Waals surface area (Å²) < 4.78 is 1.27. The number of hydrogen-bond acceptors (Lipinski definition) is 4. The molecule has 2 aromatic heterocycles. The molecule has 0 aromatic carbocycles. The third-order valence-electron chi connectivity index (χ3n) is 3.58. The van der Waals surface area contributed by atoms with E-state index in [1.165, 1.54) is 29.7 Å². The lowest BCUT2D eigenvalue weighted by Gasteiger charge is -2.17. The van der Waals surface area contributed by atoms with Crippen molar-refractivity contribution in [1.82, 2.24) is 15.3 Å². The molecule has 1 aliphatic rings. The van der Waals surface area contributed by atoms with Crippen molar-refractivity contribution in [2.45, 2.75) is 38.6 Å². The first kappa shape index (κ1) is 12.1. The van der Waals surface area contributed by atoms with Crippen LogP contribution < -0.4 is 5.32 Å². The van der Waals surface area contributed by atoms with Crippen LogP contribution in [0.15, 0.2) is 17.8 Å². The Morgan fingerprint density at radius 1 is 1.44 bits per heavy atom. The normalized spacial score (nSPS) is 17.2. The van der Waals surface area contributed by atoms with Crippen molar-refractivity contribution in [3.05, 3.63) is 23.5 Å². The van der Waals surface area contributed by atoms with E-state index in [1.807, 2.05) is 0 Å². The maximum Gasteiger partial charge on any atom is 0.116 e. The lowest BCUT2D eigenvalue weighted by atomic mass is 10.1. The molecule has 1 saturated carbocycles. The number of rotatable bonds is 6. The van der Waals surface area contributed by atoms with Crippen molar-refractivity contribution < 1.29 is 0 Å². The van der Waals surface area contributed by atoms with Gasteiger partial charge in [0, 0.05) is 12.5 Å². The maximum atomic E-state index is 4.50. The number of hydrogen-bond donors (Lipinski definition) is 1. The van der Waals surface area contributed by atoms with Crippen LogP contribution in [-0.4, -0.2) is 22.6 Å². The Labute approximate surface area is 112 Å². The Balaban J connectivity index is 1.78. The van der Waals surface area contributed by atoms with Crippen LogP contribution in [0.5, 0.6) is 0 Å². The molecule has 2 heterocycles. The number of thiophene rings is 1. The second kappa shape index (κ2) is 5.33. The van der Waals surface area contributed by atoms with Crippen LogP contribution in [0.4, 0.5) is 0 Å². The highest BCUT2D eigenvalue weighted by Gasteiger charge is 2.31. The minimum Gasteiger partial charge on any atom is -0.313 e. The Morgan fingerprint density at radius 3 is 3.11 bits per heavy atom. The van der Waals surface area contributed by atoms with E-state index in [0.717, 1.165) is 24.4 Å². The summed E-state index contributed by atoms with van der Waals surface area (Å²) in [5, 5.41) is 5.79. The zero-order valence-electron chi connectivity index (χ0n) is 10.7. The Hall–Kier alpha value is -1.000. The Morgan fingerprint density at radius 2 is 2.33 bits per heavy atom. The van der Waals surface area contributed by atoms with E-state index in [2.05, 4.69) is 33.7 Å². The summed E-state index contributed by atoms with van der Waals surface area (Å²) in [7, 11) is 0. The number of nitrogens with zero attached hydrogens (tertiary/aromatic N) is 2. The first-order valence-corrected chi connectivity index (χ1v) is 7.67. The Kier molecular flexibility index (Phi) is 3.57. The van der Waals surface area contributed by atoms with Crippen molar-refractivity contribution in [3.8, 4) is 0 Å². The fourth-order valence-electron chi connectivity index (χ4n) is 2.43. The molecular weight excluding hydrogens is 242 g/mol. The molecule has 1 N–H and O–H groups in total. The minimum absolute atomic E-state index is 0.602. The topological polar surface area (TPSA) is 37.8 Å². The highest BCUT2D eigenvalue weighted by Crippen LogP contribution is 2.35. The zero-order valence-corrected chi connectivity index (χ0v) is 11.5. The summed E-state index contributed by atoms with van der Waals surface area (Å²) in [4.78, 5) is 8.81. The fraction of sp³-hybridized carbons (Fsp3) is 0.571. The van der Waals surface area contributed by atoms with Gasteiger partial charge in [-0.1, -0.05) is 6.92 Å². The van der Waals surface area contributed by atoms with Gasteiger partial charge in [0.05, 0.1) is 15.9 Å². The summed E-state index contributed by atoms with van der Waals surface area (Å²) in [6.07, 6.45) is 6.69. The molecule has 3 nitrogen and oxygen atoms in total. The van der Waals surface area contributed by atoms with Crippen LogP contribution in [0.1, 0.15) is 31.9 Å². The highest BCUT2D eigenvalue weighted by atomic mass is 32.1. The first-order valence-electron chi connectivity index (χ1n) is 6.79. The number of nitrogens with one attached hydrogen (secondary N) is 1. The predicted octanol–water partition coefficient (Wildman–Crippen LogP) is 3.01. The van der Waals surface area contributed by atoms with Gasteiger partial charge in [-0.05, 0) is 43.2 Å². The number of fused-ring (bicyclic) bond motifs is 1. The molecule has 0 amide bonds. The van der Waals surface area contributed by atoms with Gasteiger partial charge in [0.2, 0.25) is 0 Å². The molecule has 18 heavy (non-hydrogen) atoms. The van der Waals surface area contributed by atoms with Crippen molar-refractivity contribution in [1.29, 1.82) is 0 Å². The molecule has 0 spiro atoms. The SMILES string of the molecule is CCCNC(Cc1ncnc2ccsc12)C1CC1. The fourth-order valence-corrected chi connectivity index (χ4v) is 3.27. The quantitative estimate of drug-likeness (QED) is 0.868. The summed E-state index contributed by atoms with van der Waals surface area (Å²) in [6.45, 7) is 3.33. The molecule has 0 radical (unpaired) electrons. The van der Waals surface area contributed by atoms with E-state index < -0.39 is 0 Å². The van der Waals surface area contributed by atoms with Gasteiger partial charge in [0.1, 0.15) is 6.33 Å². The molecule has 0 saturated heterocycles. The second-order valence-electron chi connectivity index (χ2n) is 5.06. The molecule has 0 aliphatic heterocycles. The van der Waals surface area contributed by atoms with E-state index in [9.17, 15) is 0 Å². The minimum atomic E-state index is 0.602. The van der Waals surface area contributed by atoms with Crippen LogP contribution >= 0.6 is 11.3 Å². The van der Waals surface area contributed by atoms with Crippen LogP contribution in [0.3, 0.4) is 0 Å². The van der Waals surface area contributed by atoms with E-state index in [4.69, 9.17) is 0 Å². The molecule has 3 rings (SSSR count). The molecule has 1 aliphatic carbocycles. The van der Waals surface area contributed by atoms with Crippen molar-refractivity contribution in [2.24, 2.45) is 5.92 Å². The summed E-state index contributed by atoms with van der Waals surface area (Å²) in [5.41, 5.74) is 2.31. The van der Waals surface area contributed by atoms with Gasteiger partial charge in [-0.3, -0.25) is 0 Å². The van der Waals surface area contributed by atoms with Crippen LogP contribution in [-0.2, 0) is 6.42 Å². The largest absolute Gasteiger partial charge is 0.313 e. The van der Waals surface area contributed by atoms with Crippen molar-refractivity contribution in [2.75, 3.05) is 6.54 Å². The van der Waals surface area contributed by atoms with Crippen LogP contribution in [0, 0.1) is 5.92 Å². The monoisotopic (exact) mass is 261 g/mol. The smallest absolute Gasteiger partial charge is 0.116 e.